The predicted molar refractivity (Wildman–Crippen MR) is 121 cm³/mol. The van der Waals surface area contributed by atoms with Crippen LogP contribution in [0.5, 0.6) is 5.75 Å². The van der Waals surface area contributed by atoms with Crippen LogP contribution in [0.25, 0.3) is 21.3 Å². The van der Waals surface area contributed by atoms with Crippen molar-refractivity contribution in [2.24, 2.45) is 5.73 Å². The molecule has 0 bridgehead atoms. The molecule has 34 heavy (non-hydrogen) atoms. The highest BCUT2D eigenvalue weighted by atomic mass is 32.1. The molecule has 2 atom stereocenters. The maximum absolute atomic E-state index is 15.8. The summed E-state index contributed by atoms with van der Waals surface area (Å²) in [7, 11) is 1.24. The smallest absolute Gasteiger partial charge is 0.404 e. The van der Waals surface area contributed by atoms with E-state index in [0.717, 1.165) is 17.7 Å². The highest BCUT2D eigenvalue weighted by Crippen LogP contribution is 2.48. The molecule has 1 saturated carbocycles. The zero-order chi connectivity index (χ0) is 24.5. The van der Waals surface area contributed by atoms with Gasteiger partial charge in [-0.25, -0.2) is 9.18 Å². The van der Waals surface area contributed by atoms with Crippen molar-refractivity contribution in [3.05, 3.63) is 48.7 Å². The van der Waals surface area contributed by atoms with Crippen LogP contribution in [0.3, 0.4) is 0 Å². The van der Waals surface area contributed by atoms with Crippen LogP contribution >= 0.6 is 11.3 Å². The van der Waals surface area contributed by atoms with Gasteiger partial charge in [0.25, 0.3) is 5.56 Å². The van der Waals surface area contributed by atoms with E-state index in [1.165, 1.54) is 23.0 Å². The molecule has 1 aromatic carbocycles. The van der Waals surface area contributed by atoms with E-state index in [1.807, 2.05) is 0 Å². The molecular formula is C23H23F4N3O3S. The monoisotopic (exact) mass is 497 g/mol. The Bertz CT molecular complexity index is 1420. The molecule has 2 heterocycles. The van der Waals surface area contributed by atoms with Crippen LogP contribution in [0.1, 0.15) is 53.6 Å². The molecule has 2 aliphatic carbocycles. The number of aromatic amines is 1. The van der Waals surface area contributed by atoms with Crippen molar-refractivity contribution in [3.63, 3.8) is 0 Å². The lowest BCUT2D eigenvalue weighted by Crippen LogP contribution is -2.43. The minimum atomic E-state index is -4.55. The van der Waals surface area contributed by atoms with Crippen molar-refractivity contribution < 1.29 is 22.3 Å². The number of ether oxygens (including phenoxy) is 1. The molecule has 6 nitrogen and oxygen atoms in total. The van der Waals surface area contributed by atoms with Crippen molar-refractivity contribution in [1.29, 1.82) is 0 Å². The molecule has 3 aromatic rings. The first-order valence-corrected chi connectivity index (χ1v) is 11.9. The molecule has 0 aliphatic heterocycles. The fraction of sp³-hybridized carbons (Fsp3) is 0.478. The standard InChI is InChI=1S/C23H23F4N3O3S/c1-9-15(14-8-12-11(20(28)23(25,26)27)4-3-5-13(12)34-14)17(24)19(33-2)16-18(9)30(10-6-7-10)22(32)29-21(16)31/h8,10-11,20H,3-7,28H2,1-2H3,(H,29,31,32). The largest absolute Gasteiger partial charge is 0.493 e. The van der Waals surface area contributed by atoms with Crippen LogP contribution in [0.2, 0.25) is 0 Å². The number of halogens is 4. The number of nitrogens with two attached hydrogens (primary N) is 1. The van der Waals surface area contributed by atoms with E-state index < -0.39 is 35.2 Å². The number of alkyl halides is 3. The van der Waals surface area contributed by atoms with E-state index in [-0.39, 0.29) is 22.7 Å². The van der Waals surface area contributed by atoms with Crippen LogP contribution < -0.4 is 21.7 Å². The third-order valence-electron chi connectivity index (χ3n) is 6.85. The zero-order valence-electron chi connectivity index (χ0n) is 18.5. The second-order valence-electron chi connectivity index (χ2n) is 8.99. The van der Waals surface area contributed by atoms with E-state index in [1.54, 1.807) is 13.0 Å². The summed E-state index contributed by atoms with van der Waals surface area (Å²) in [5.41, 5.74) is 5.52. The van der Waals surface area contributed by atoms with Crippen molar-refractivity contribution in [2.75, 3.05) is 7.11 Å². The summed E-state index contributed by atoms with van der Waals surface area (Å²) >= 11 is 1.22. The first-order chi connectivity index (χ1) is 16.0. The number of aromatic nitrogens is 2. The third-order valence-corrected chi connectivity index (χ3v) is 8.08. The second-order valence-corrected chi connectivity index (χ2v) is 10.1. The maximum atomic E-state index is 15.8. The molecule has 0 radical (unpaired) electrons. The third kappa shape index (κ3) is 3.48. The average molecular weight is 498 g/mol. The predicted octanol–water partition coefficient (Wildman–Crippen LogP) is 4.52. The van der Waals surface area contributed by atoms with Crippen LogP contribution in [0.4, 0.5) is 17.6 Å². The van der Waals surface area contributed by atoms with Gasteiger partial charge in [0.15, 0.2) is 11.6 Å². The fourth-order valence-corrected chi connectivity index (χ4v) is 6.49. The Balaban J connectivity index is 1.78. The van der Waals surface area contributed by atoms with Crippen molar-refractivity contribution in [1.82, 2.24) is 9.55 Å². The summed E-state index contributed by atoms with van der Waals surface area (Å²) in [6, 6.07) is -0.539. The quantitative estimate of drug-likeness (QED) is 0.519. The molecule has 1 fully saturated rings. The van der Waals surface area contributed by atoms with Crippen molar-refractivity contribution in [3.8, 4) is 16.2 Å². The van der Waals surface area contributed by atoms with E-state index >= 15 is 4.39 Å². The lowest BCUT2D eigenvalue weighted by Gasteiger charge is -2.29. The van der Waals surface area contributed by atoms with Gasteiger partial charge >= 0.3 is 11.9 Å². The molecule has 0 spiro atoms. The Morgan fingerprint density at radius 2 is 1.97 bits per heavy atom. The lowest BCUT2D eigenvalue weighted by molar-refractivity contribution is -0.153. The number of nitrogens with one attached hydrogen (secondary N) is 1. The van der Waals surface area contributed by atoms with Crippen molar-refractivity contribution in [2.45, 2.75) is 63.2 Å². The van der Waals surface area contributed by atoms with Gasteiger partial charge in [0, 0.05) is 27.3 Å². The van der Waals surface area contributed by atoms with Gasteiger partial charge in [-0.05, 0) is 56.2 Å². The van der Waals surface area contributed by atoms with Crippen LogP contribution in [-0.2, 0) is 6.42 Å². The summed E-state index contributed by atoms with van der Waals surface area (Å²) in [5.74, 6) is -1.98. The molecule has 2 aliphatic rings. The molecule has 0 saturated heterocycles. The number of hydrogen-bond donors (Lipinski definition) is 2. The van der Waals surface area contributed by atoms with Gasteiger partial charge in [0.05, 0.1) is 12.6 Å². The highest BCUT2D eigenvalue weighted by Gasteiger charge is 2.44. The molecule has 5 rings (SSSR count). The van der Waals surface area contributed by atoms with Gasteiger partial charge in [0.2, 0.25) is 0 Å². The summed E-state index contributed by atoms with van der Waals surface area (Å²) in [6.45, 7) is 1.62. The van der Waals surface area contributed by atoms with Gasteiger partial charge < -0.3 is 10.5 Å². The van der Waals surface area contributed by atoms with E-state index in [9.17, 15) is 22.8 Å². The average Bonchev–Trinajstić information content (AvgIpc) is 3.50. The second kappa shape index (κ2) is 7.94. The van der Waals surface area contributed by atoms with Gasteiger partial charge in [0.1, 0.15) is 11.4 Å². The Morgan fingerprint density at radius 3 is 2.59 bits per heavy atom. The zero-order valence-corrected chi connectivity index (χ0v) is 19.3. The van der Waals surface area contributed by atoms with Gasteiger partial charge in [-0.2, -0.15) is 13.2 Å². The summed E-state index contributed by atoms with van der Waals surface area (Å²) in [4.78, 5) is 28.7. The van der Waals surface area contributed by atoms with E-state index in [4.69, 9.17) is 10.5 Å². The summed E-state index contributed by atoms with van der Waals surface area (Å²) < 4.78 is 62.8. The topological polar surface area (TPSA) is 90.1 Å². The van der Waals surface area contributed by atoms with Crippen LogP contribution in [0.15, 0.2) is 15.7 Å². The van der Waals surface area contributed by atoms with Crippen LogP contribution in [0, 0.1) is 12.7 Å². The number of thiophene rings is 1. The molecule has 0 amide bonds. The normalized spacial score (nSPS) is 19.3. The maximum Gasteiger partial charge on any atom is 0.404 e. The number of fused-ring (bicyclic) bond motifs is 2. The van der Waals surface area contributed by atoms with Gasteiger partial charge in [-0.1, -0.05) is 0 Å². The van der Waals surface area contributed by atoms with E-state index in [2.05, 4.69) is 4.98 Å². The number of benzene rings is 1. The van der Waals surface area contributed by atoms with E-state index in [0.29, 0.717) is 40.8 Å². The molecule has 3 N–H and O–H groups in total. The Morgan fingerprint density at radius 1 is 1.26 bits per heavy atom. The molecular weight excluding hydrogens is 474 g/mol. The Labute approximate surface area is 195 Å². The minimum absolute atomic E-state index is 0.0500. The number of nitrogens with zero attached hydrogens (tertiary/aromatic N) is 1. The summed E-state index contributed by atoms with van der Waals surface area (Å²) in [6.07, 6.45) is -1.61. The fourth-order valence-electron chi connectivity index (χ4n) is 5.11. The SMILES string of the molecule is COc1c(F)c(-c2cc3c(s2)CCCC3C(N)C(F)(F)F)c(C)c2c1c(=O)[nH]c(=O)n2C1CC1. The first kappa shape index (κ1) is 23.1. The number of methoxy groups -OCH3 is 1. The molecule has 2 aromatic heterocycles. The number of hydrogen-bond acceptors (Lipinski definition) is 5. The summed E-state index contributed by atoms with van der Waals surface area (Å²) in [5, 5.41) is -0.0500. The van der Waals surface area contributed by atoms with Gasteiger partial charge in [-0.15, -0.1) is 11.3 Å². The number of H-pyrrole nitrogens is 1. The van der Waals surface area contributed by atoms with Crippen molar-refractivity contribution >= 4 is 22.2 Å². The Kier molecular flexibility index (Phi) is 5.40. The highest BCUT2D eigenvalue weighted by molar-refractivity contribution is 7.15. The first-order valence-electron chi connectivity index (χ1n) is 11.0. The lowest BCUT2D eigenvalue weighted by atomic mass is 9.82. The number of rotatable bonds is 4. The van der Waals surface area contributed by atoms with Gasteiger partial charge in [-0.3, -0.25) is 14.3 Å². The molecule has 182 valence electrons. The van der Waals surface area contributed by atoms with Crippen LogP contribution in [-0.4, -0.2) is 28.9 Å². The molecule has 11 heteroatoms. The minimum Gasteiger partial charge on any atom is -0.493 e. The Hall–Kier alpha value is -2.66. The molecule has 2 unspecified atom stereocenters. The number of aryl methyl sites for hydroxylation is 2.